The highest BCUT2D eigenvalue weighted by Crippen LogP contribution is 2.48. The van der Waals surface area contributed by atoms with E-state index in [1.54, 1.807) is 46.3 Å². The van der Waals surface area contributed by atoms with Crippen molar-refractivity contribution in [3.05, 3.63) is 12.7 Å². The Morgan fingerprint density at radius 2 is 2.10 bits per heavy atom. The first-order chi connectivity index (χ1) is 14.9. The highest BCUT2D eigenvalue weighted by Gasteiger charge is 2.27. The molecule has 0 saturated heterocycles. The van der Waals surface area contributed by atoms with Crippen LogP contribution in [0.15, 0.2) is 12.7 Å². The van der Waals surface area contributed by atoms with E-state index in [1.165, 1.54) is 6.33 Å². The van der Waals surface area contributed by atoms with E-state index in [2.05, 4.69) is 19.7 Å². The normalized spacial score (nSPS) is 14.3. The van der Waals surface area contributed by atoms with Crippen LogP contribution in [-0.4, -0.2) is 70.1 Å². The van der Waals surface area contributed by atoms with E-state index in [9.17, 15) is 9.36 Å². The van der Waals surface area contributed by atoms with Gasteiger partial charge in [-0.3, -0.25) is 9.09 Å². The summed E-state index contributed by atoms with van der Waals surface area (Å²) in [6.07, 6.45) is 3.23. The number of anilines is 1. The average Bonchev–Trinajstić information content (AvgIpc) is 3.14. The van der Waals surface area contributed by atoms with Crippen molar-refractivity contribution in [1.82, 2.24) is 19.5 Å². The van der Waals surface area contributed by atoms with Crippen molar-refractivity contribution in [2.45, 2.75) is 26.5 Å². The van der Waals surface area contributed by atoms with Gasteiger partial charge in [-0.25, -0.2) is 19.7 Å². The molecule has 0 bridgehead atoms. The number of hydrogen-bond acceptors (Lipinski definition) is 13. The molecule has 2 aromatic rings. The van der Waals surface area contributed by atoms with Gasteiger partial charge in [-0.15, -0.1) is 0 Å². The number of ether oxygens (including phenoxy) is 3. The fourth-order valence-electron chi connectivity index (χ4n) is 2.30. The first kappa shape index (κ1) is 25.7. The Balaban J connectivity index is 1.92. The number of rotatable bonds is 14. The molecule has 0 radical (unpaired) electrons. The lowest BCUT2D eigenvalue weighted by molar-refractivity contribution is -0.00595. The molecule has 0 aliphatic carbocycles. The summed E-state index contributed by atoms with van der Waals surface area (Å²) in [6, 6.07) is 0. The number of nitrogen functional groups attached to an aromatic ring is 1. The third kappa shape index (κ3) is 8.47. The van der Waals surface area contributed by atoms with Crippen molar-refractivity contribution < 1.29 is 32.6 Å². The van der Waals surface area contributed by atoms with Crippen LogP contribution in [0.2, 0.25) is 0 Å². The Bertz CT molecular complexity index is 887. The second-order valence-electron chi connectivity index (χ2n) is 5.94. The molecule has 2 heterocycles. The van der Waals surface area contributed by atoms with E-state index in [1.807, 2.05) is 6.26 Å². The summed E-state index contributed by atoms with van der Waals surface area (Å²) in [5.41, 5.74) is 6.85. The largest absolute Gasteiger partial charge is 0.510 e. The number of nitrogens with two attached hydrogens (primary N) is 1. The molecule has 2 aromatic heterocycles. The van der Waals surface area contributed by atoms with Crippen molar-refractivity contribution in [2.24, 2.45) is 0 Å². The van der Waals surface area contributed by atoms with Gasteiger partial charge in [-0.2, -0.15) is 0 Å². The van der Waals surface area contributed by atoms with Gasteiger partial charge in [0.1, 0.15) is 18.2 Å². The van der Waals surface area contributed by atoms with E-state index in [4.69, 9.17) is 24.3 Å². The number of hydrogen-bond donors (Lipinski definition) is 1. The second-order valence-corrected chi connectivity index (χ2v) is 10.6. The van der Waals surface area contributed by atoms with Crippen LogP contribution in [-0.2, 0) is 34.4 Å². The summed E-state index contributed by atoms with van der Waals surface area (Å²) in [7, 11) is -0.570. The van der Waals surface area contributed by atoms with Crippen LogP contribution in [0.5, 0.6) is 0 Å². The van der Waals surface area contributed by atoms with Gasteiger partial charge in [0.15, 0.2) is 11.5 Å². The van der Waals surface area contributed by atoms with Gasteiger partial charge in [0, 0.05) is 5.75 Å². The number of carbonyl (C=O) groups excluding carboxylic acids is 1. The van der Waals surface area contributed by atoms with Crippen molar-refractivity contribution in [3.63, 3.8) is 0 Å². The molecule has 15 heteroatoms. The molecule has 12 nitrogen and oxygen atoms in total. The Labute approximate surface area is 187 Å². The lowest BCUT2D eigenvalue weighted by atomic mass is 10.4. The van der Waals surface area contributed by atoms with Crippen LogP contribution < -0.4 is 5.73 Å². The van der Waals surface area contributed by atoms with Crippen LogP contribution in [0, 0.1) is 0 Å². The zero-order valence-corrected chi connectivity index (χ0v) is 20.0. The van der Waals surface area contributed by atoms with Gasteiger partial charge in [0.2, 0.25) is 6.79 Å². The fraction of sp³-hybridized carbons (Fsp3) is 0.625. The highest BCUT2D eigenvalue weighted by molar-refractivity contribution is 8.76. The molecule has 0 spiro atoms. The van der Waals surface area contributed by atoms with E-state index >= 15 is 0 Å². The summed E-state index contributed by atoms with van der Waals surface area (Å²) in [6.45, 7) is 3.56. The topological polar surface area (TPSA) is 150 Å². The Hall–Kier alpha value is -1.57. The SMILES string of the molecule is CCOC(=O)OCOP(=O)(CO[C@H](C)Cn1cnc2c(N)ncnc21)OCCSSC. The molecule has 2 rings (SSSR count). The second kappa shape index (κ2) is 13.1. The molecular formula is C16H26N5O7PS2. The molecule has 2 atom stereocenters. The average molecular weight is 496 g/mol. The first-order valence-electron chi connectivity index (χ1n) is 9.24. The van der Waals surface area contributed by atoms with Crippen LogP contribution in [0.1, 0.15) is 13.8 Å². The van der Waals surface area contributed by atoms with Crippen molar-refractivity contribution in [2.75, 3.05) is 44.1 Å². The third-order valence-electron chi connectivity index (χ3n) is 3.66. The highest BCUT2D eigenvalue weighted by atomic mass is 33.1. The quantitative estimate of drug-likeness (QED) is 0.134. The summed E-state index contributed by atoms with van der Waals surface area (Å²) < 4.78 is 40.5. The van der Waals surface area contributed by atoms with Gasteiger partial charge < -0.3 is 29.0 Å². The maximum Gasteiger partial charge on any atom is 0.510 e. The maximum atomic E-state index is 13.0. The van der Waals surface area contributed by atoms with Gasteiger partial charge >= 0.3 is 13.8 Å². The van der Waals surface area contributed by atoms with Crippen molar-refractivity contribution in [1.29, 1.82) is 0 Å². The van der Waals surface area contributed by atoms with Crippen molar-refractivity contribution in [3.8, 4) is 0 Å². The van der Waals surface area contributed by atoms with Gasteiger partial charge in [-0.1, -0.05) is 21.6 Å². The first-order valence-corrected chi connectivity index (χ1v) is 13.7. The minimum absolute atomic E-state index is 0.152. The van der Waals surface area contributed by atoms with E-state index in [0.717, 1.165) is 0 Å². The Morgan fingerprint density at radius 3 is 2.84 bits per heavy atom. The van der Waals surface area contributed by atoms with Crippen LogP contribution in [0.25, 0.3) is 11.2 Å². The summed E-state index contributed by atoms with van der Waals surface area (Å²) in [4.78, 5) is 23.6. The summed E-state index contributed by atoms with van der Waals surface area (Å²) in [5, 5.41) is 0. The molecule has 31 heavy (non-hydrogen) atoms. The summed E-state index contributed by atoms with van der Waals surface area (Å²) in [5.74, 6) is 0.888. The fourth-order valence-corrected chi connectivity index (χ4v) is 4.69. The molecular weight excluding hydrogens is 469 g/mol. The molecule has 0 saturated carbocycles. The summed E-state index contributed by atoms with van der Waals surface area (Å²) >= 11 is 0. The molecule has 2 N–H and O–H groups in total. The molecule has 0 aromatic carbocycles. The van der Waals surface area contributed by atoms with Gasteiger partial charge in [-0.05, 0) is 20.1 Å². The predicted octanol–water partition coefficient (Wildman–Crippen LogP) is 3.14. The number of nitrogens with zero attached hydrogens (tertiary/aromatic N) is 4. The molecule has 0 aliphatic heterocycles. The predicted molar refractivity (Wildman–Crippen MR) is 119 cm³/mol. The molecule has 174 valence electrons. The number of fused-ring (bicyclic) bond motifs is 1. The standard InChI is InChI=1S/C16H26N5O7PS2/c1-4-24-16(22)25-10-28-29(23,27-5-6-31-30-3)11-26-12(2)7-21-9-20-13-14(17)18-8-19-15(13)21/h8-9,12H,4-7,10-11H2,1-3H3,(H2,17,18,19)/t12-,29?/m1/s1. The zero-order chi connectivity index (χ0) is 22.7. The lowest BCUT2D eigenvalue weighted by Crippen LogP contribution is -2.19. The number of aromatic nitrogens is 4. The van der Waals surface area contributed by atoms with Crippen molar-refractivity contribution >= 4 is 52.3 Å². The number of carbonyl (C=O) groups is 1. The Kier molecular flexibility index (Phi) is 10.8. The smallest absolute Gasteiger partial charge is 0.435 e. The minimum Gasteiger partial charge on any atom is -0.435 e. The Morgan fingerprint density at radius 1 is 1.29 bits per heavy atom. The molecule has 0 amide bonds. The molecule has 1 unspecified atom stereocenters. The molecule has 0 fully saturated rings. The van der Waals surface area contributed by atoms with Gasteiger partial charge in [0.05, 0.1) is 32.2 Å². The number of imidazole rings is 1. The minimum atomic E-state index is -3.68. The third-order valence-corrected chi connectivity index (χ3v) is 6.98. The van der Waals surface area contributed by atoms with Crippen LogP contribution in [0.3, 0.4) is 0 Å². The zero-order valence-electron chi connectivity index (χ0n) is 17.5. The van der Waals surface area contributed by atoms with Crippen LogP contribution in [0.4, 0.5) is 10.6 Å². The van der Waals surface area contributed by atoms with E-state index < -0.39 is 20.5 Å². The van der Waals surface area contributed by atoms with Gasteiger partial charge in [0.25, 0.3) is 0 Å². The molecule has 0 aliphatic rings. The maximum absolute atomic E-state index is 13.0. The van der Waals surface area contributed by atoms with E-state index in [-0.39, 0.29) is 31.5 Å². The lowest BCUT2D eigenvalue weighted by Gasteiger charge is -2.21. The monoisotopic (exact) mass is 495 g/mol. The van der Waals surface area contributed by atoms with E-state index in [0.29, 0.717) is 23.5 Å². The van der Waals surface area contributed by atoms with Crippen LogP contribution >= 0.6 is 29.2 Å².